The monoisotopic (exact) mass is 219 g/mol. The van der Waals surface area contributed by atoms with Crippen LogP contribution < -0.4 is 5.32 Å². The van der Waals surface area contributed by atoms with Gasteiger partial charge >= 0.3 is 6.01 Å². The summed E-state index contributed by atoms with van der Waals surface area (Å²) in [6.45, 7) is 0. The zero-order valence-corrected chi connectivity index (χ0v) is 8.48. The van der Waals surface area contributed by atoms with Crippen LogP contribution in [0.15, 0.2) is 28.8 Å². The number of halogens is 1. The summed E-state index contributed by atoms with van der Waals surface area (Å²) in [5, 5.41) is 6.80. The van der Waals surface area contributed by atoms with Crippen LogP contribution in [0.1, 0.15) is 12.8 Å². The minimum atomic E-state index is -0.346. The molecule has 0 spiro atoms. The SMILES string of the molecule is Fc1ccccc1-c1noc(NC2CC2)n1. The average molecular weight is 219 g/mol. The lowest BCUT2D eigenvalue weighted by molar-refractivity contribution is 0.431. The normalized spacial score (nSPS) is 15.1. The highest BCUT2D eigenvalue weighted by Crippen LogP contribution is 2.25. The van der Waals surface area contributed by atoms with Crippen molar-refractivity contribution >= 4 is 6.01 Å². The van der Waals surface area contributed by atoms with E-state index in [9.17, 15) is 4.39 Å². The number of benzene rings is 1. The molecule has 1 aliphatic carbocycles. The molecule has 82 valence electrons. The van der Waals surface area contributed by atoms with Crippen molar-refractivity contribution in [3.63, 3.8) is 0 Å². The van der Waals surface area contributed by atoms with Crippen LogP contribution in [-0.4, -0.2) is 16.2 Å². The van der Waals surface area contributed by atoms with Crippen molar-refractivity contribution in [1.82, 2.24) is 10.1 Å². The summed E-state index contributed by atoms with van der Waals surface area (Å²) >= 11 is 0. The summed E-state index contributed by atoms with van der Waals surface area (Å²) in [7, 11) is 0. The van der Waals surface area contributed by atoms with Crippen LogP contribution in [0.5, 0.6) is 0 Å². The van der Waals surface area contributed by atoms with Gasteiger partial charge in [-0.1, -0.05) is 17.3 Å². The van der Waals surface area contributed by atoms with Gasteiger partial charge in [0.1, 0.15) is 5.82 Å². The molecule has 1 aromatic carbocycles. The van der Waals surface area contributed by atoms with E-state index in [-0.39, 0.29) is 11.6 Å². The fourth-order valence-electron chi connectivity index (χ4n) is 1.44. The van der Waals surface area contributed by atoms with E-state index in [1.54, 1.807) is 18.2 Å². The maximum atomic E-state index is 13.4. The van der Waals surface area contributed by atoms with Crippen molar-refractivity contribution in [3.8, 4) is 11.4 Å². The van der Waals surface area contributed by atoms with Crippen molar-refractivity contribution in [3.05, 3.63) is 30.1 Å². The maximum Gasteiger partial charge on any atom is 0.322 e. The molecular weight excluding hydrogens is 209 g/mol. The highest BCUT2D eigenvalue weighted by molar-refractivity contribution is 5.56. The van der Waals surface area contributed by atoms with Crippen molar-refractivity contribution in [2.75, 3.05) is 5.32 Å². The lowest BCUT2D eigenvalue weighted by Gasteiger charge is -1.95. The Bertz CT molecular complexity index is 507. The number of anilines is 1. The predicted molar refractivity (Wildman–Crippen MR) is 56.3 cm³/mol. The van der Waals surface area contributed by atoms with Crippen LogP contribution in [0.3, 0.4) is 0 Å². The second-order valence-electron chi connectivity index (χ2n) is 3.82. The van der Waals surface area contributed by atoms with Crippen LogP contribution in [-0.2, 0) is 0 Å². The molecule has 1 N–H and O–H groups in total. The molecule has 0 bridgehead atoms. The molecule has 1 aromatic heterocycles. The minimum Gasteiger partial charge on any atom is -0.335 e. The largest absolute Gasteiger partial charge is 0.335 e. The Hall–Kier alpha value is -1.91. The van der Waals surface area contributed by atoms with E-state index >= 15 is 0 Å². The van der Waals surface area contributed by atoms with Crippen LogP contribution in [0.25, 0.3) is 11.4 Å². The molecule has 0 radical (unpaired) electrons. The Balaban J connectivity index is 1.88. The van der Waals surface area contributed by atoms with Crippen molar-refractivity contribution in [2.45, 2.75) is 18.9 Å². The van der Waals surface area contributed by atoms with Crippen LogP contribution in [0.2, 0.25) is 0 Å². The molecule has 3 rings (SSSR count). The van der Waals surface area contributed by atoms with Crippen LogP contribution >= 0.6 is 0 Å². The van der Waals surface area contributed by atoms with Gasteiger partial charge in [0, 0.05) is 6.04 Å². The van der Waals surface area contributed by atoms with Crippen molar-refractivity contribution < 1.29 is 8.91 Å². The predicted octanol–water partition coefficient (Wildman–Crippen LogP) is 2.45. The van der Waals surface area contributed by atoms with Gasteiger partial charge in [-0.05, 0) is 25.0 Å². The smallest absolute Gasteiger partial charge is 0.322 e. The quantitative estimate of drug-likeness (QED) is 0.861. The third-order valence-corrected chi connectivity index (χ3v) is 2.45. The molecule has 4 nitrogen and oxygen atoms in total. The van der Waals surface area contributed by atoms with E-state index in [2.05, 4.69) is 15.5 Å². The summed E-state index contributed by atoms with van der Waals surface area (Å²) in [6.07, 6.45) is 2.24. The second kappa shape index (κ2) is 3.59. The van der Waals surface area contributed by atoms with Crippen molar-refractivity contribution in [2.24, 2.45) is 0 Å². The third-order valence-electron chi connectivity index (χ3n) is 2.45. The maximum absolute atomic E-state index is 13.4. The van der Waals surface area contributed by atoms with Gasteiger partial charge in [0.2, 0.25) is 5.82 Å². The van der Waals surface area contributed by atoms with Gasteiger partial charge in [-0.3, -0.25) is 0 Å². The van der Waals surface area contributed by atoms with E-state index in [4.69, 9.17) is 4.52 Å². The van der Waals surface area contributed by atoms with Crippen LogP contribution in [0.4, 0.5) is 10.4 Å². The first-order valence-electron chi connectivity index (χ1n) is 5.18. The standard InChI is InChI=1S/C11H10FN3O/c12-9-4-2-1-3-8(9)10-14-11(16-15-10)13-7-5-6-7/h1-4,7H,5-6H2,(H,13,14,15). The van der Waals surface area contributed by atoms with Gasteiger partial charge < -0.3 is 9.84 Å². The molecule has 0 unspecified atom stereocenters. The Morgan fingerprint density at radius 1 is 1.31 bits per heavy atom. The average Bonchev–Trinajstić information content (AvgIpc) is 2.97. The summed E-state index contributed by atoms with van der Waals surface area (Å²) < 4.78 is 18.4. The molecule has 1 heterocycles. The number of hydrogen-bond donors (Lipinski definition) is 1. The summed E-state index contributed by atoms with van der Waals surface area (Å²) in [4.78, 5) is 4.09. The molecule has 16 heavy (non-hydrogen) atoms. The fraction of sp³-hybridized carbons (Fsp3) is 0.273. The lowest BCUT2D eigenvalue weighted by Crippen LogP contribution is -2.00. The van der Waals surface area contributed by atoms with E-state index in [1.807, 2.05) is 0 Å². The zero-order valence-electron chi connectivity index (χ0n) is 8.48. The number of hydrogen-bond acceptors (Lipinski definition) is 4. The summed E-state index contributed by atoms with van der Waals surface area (Å²) in [5.41, 5.74) is 0.357. The Labute approximate surface area is 91.5 Å². The third kappa shape index (κ3) is 1.76. The molecule has 0 amide bonds. The highest BCUT2D eigenvalue weighted by atomic mass is 19.1. The molecule has 0 atom stereocenters. The number of nitrogens with one attached hydrogen (secondary N) is 1. The molecule has 1 fully saturated rings. The second-order valence-corrected chi connectivity index (χ2v) is 3.82. The van der Waals surface area contributed by atoms with Crippen LogP contribution in [0, 0.1) is 5.82 Å². The molecule has 0 saturated heterocycles. The van der Waals surface area contributed by atoms with Gasteiger partial charge in [0.05, 0.1) is 5.56 Å². The summed E-state index contributed by atoms with van der Waals surface area (Å²) in [6, 6.07) is 7.17. The Morgan fingerprint density at radius 3 is 2.88 bits per heavy atom. The molecule has 1 saturated carbocycles. The van der Waals surface area contributed by atoms with E-state index in [0.29, 0.717) is 17.6 Å². The first-order chi connectivity index (χ1) is 7.83. The Morgan fingerprint density at radius 2 is 2.12 bits per heavy atom. The lowest BCUT2D eigenvalue weighted by atomic mass is 10.2. The number of rotatable bonds is 3. The van der Waals surface area contributed by atoms with Gasteiger partial charge in [-0.15, -0.1) is 0 Å². The van der Waals surface area contributed by atoms with Gasteiger partial charge in [0.25, 0.3) is 0 Å². The van der Waals surface area contributed by atoms with Crippen molar-refractivity contribution in [1.29, 1.82) is 0 Å². The molecule has 5 heteroatoms. The fourth-order valence-corrected chi connectivity index (χ4v) is 1.44. The highest BCUT2D eigenvalue weighted by Gasteiger charge is 2.23. The van der Waals surface area contributed by atoms with Gasteiger partial charge in [0.15, 0.2) is 0 Å². The molecule has 1 aliphatic rings. The number of aromatic nitrogens is 2. The van der Waals surface area contributed by atoms with E-state index in [1.165, 1.54) is 6.07 Å². The van der Waals surface area contributed by atoms with E-state index < -0.39 is 0 Å². The zero-order chi connectivity index (χ0) is 11.0. The van der Waals surface area contributed by atoms with Gasteiger partial charge in [-0.2, -0.15) is 4.98 Å². The van der Waals surface area contributed by atoms with Gasteiger partial charge in [-0.25, -0.2) is 4.39 Å². The molecular formula is C11H10FN3O. The first-order valence-corrected chi connectivity index (χ1v) is 5.18. The number of nitrogens with zero attached hydrogens (tertiary/aromatic N) is 2. The topological polar surface area (TPSA) is 51.0 Å². The van der Waals surface area contributed by atoms with E-state index in [0.717, 1.165) is 12.8 Å². The molecule has 0 aliphatic heterocycles. The minimum absolute atomic E-state index is 0.279. The first kappa shape index (κ1) is 9.33. The summed E-state index contributed by atoms with van der Waals surface area (Å²) in [5.74, 6) is -0.0671. The molecule has 2 aromatic rings. The Kier molecular flexibility index (Phi) is 2.09.